The van der Waals surface area contributed by atoms with Gasteiger partial charge in [0.2, 0.25) is 11.8 Å². The van der Waals surface area contributed by atoms with Gasteiger partial charge in [-0.1, -0.05) is 6.42 Å². The van der Waals surface area contributed by atoms with Crippen molar-refractivity contribution in [1.82, 2.24) is 10.2 Å². The summed E-state index contributed by atoms with van der Waals surface area (Å²) in [6, 6.07) is 6.16. The lowest BCUT2D eigenvalue weighted by Crippen LogP contribution is -2.51. The van der Waals surface area contributed by atoms with Gasteiger partial charge >= 0.3 is 0 Å². The Labute approximate surface area is 177 Å². The molecule has 1 aromatic rings. The summed E-state index contributed by atoms with van der Waals surface area (Å²) < 4.78 is 11.2. The molecule has 7 heteroatoms. The third-order valence-corrected chi connectivity index (χ3v) is 7.10. The van der Waals surface area contributed by atoms with E-state index < -0.39 is 0 Å². The molecule has 2 amide bonds. The maximum Gasteiger partial charge on any atom is 0.227 e. The van der Waals surface area contributed by atoms with Crippen LogP contribution < -0.4 is 19.7 Å². The van der Waals surface area contributed by atoms with E-state index >= 15 is 0 Å². The van der Waals surface area contributed by atoms with Gasteiger partial charge in [-0.2, -0.15) is 0 Å². The molecule has 1 N–H and O–H groups in total. The average molecular weight is 414 g/mol. The highest BCUT2D eigenvalue weighted by molar-refractivity contribution is 6.00. The lowest BCUT2D eigenvalue weighted by Gasteiger charge is -2.44. The van der Waals surface area contributed by atoms with Gasteiger partial charge in [0.1, 0.15) is 13.2 Å². The van der Waals surface area contributed by atoms with Crippen LogP contribution in [-0.4, -0.2) is 62.1 Å². The number of nitrogens with one attached hydrogen (secondary N) is 1. The molecule has 4 aliphatic rings. The molecule has 0 unspecified atom stereocenters. The molecule has 3 atom stereocenters. The van der Waals surface area contributed by atoms with E-state index in [1.165, 1.54) is 45.2 Å². The largest absolute Gasteiger partial charge is 0.486 e. The van der Waals surface area contributed by atoms with Crippen LogP contribution in [0.2, 0.25) is 0 Å². The van der Waals surface area contributed by atoms with Crippen LogP contribution in [0.4, 0.5) is 5.69 Å². The number of hydrogen-bond donors (Lipinski definition) is 1. The number of anilines is 1. The minimum absolute atomic E-state index is 0.0105. The van der Waals surface area contributed by atoms with Gasteiger partial charge in [0.25, 0.3) is 0 Å². The van der Waals surface area contributed by atoms with E-state index in [1.807, 2.05) is 18.2 Å². The van der Waals surface area contributed by atoms with Crippen LogP contribution >= 0.6 is 0 Å². The van der Waals surface area contributed by atoms with Gasteiger partial charge in [0.05, 0.1) is 5.92 Å². The molecule has 0 saturated carbocycles. The topological polar surface area (TPSA) is 71.1 Å². The zero-order valence-corrected chi connectivity index (χ0v) is 17.5. The first-order valence-corrected chi connectivity index (χ1v) is 11.4. The maximum absolute atomic E-state index is 12.9. The van der Waals surface area contributed by atoms with Crippen LogP contribution in [-0.2, 0) is 9.59 Å². The van der Waals surface area contributed by atoms with Crippen LogP contribution in [0.3, 0.4) is 0 Å². The molecule has 0 bridgehead atoms. The lowest BCUT2D eigenvalue weighted by atomic mass is 9.83. The van der Waals surface area contributed by atoms with Crippen molar-refractivity contribution in [3.63, 3.8) is 0 Å². The van der Waals surface area contributed by atoms with E-state index in [2.05, 4.69) is 10.2 Å². The van der Waals surface area contributed by atoms with Crippen molar-refractivity contribution >= 4 is 17.5 Å². The molecular weight excluding hydrogens is 382 g/mol. The summed E-state index contributed by atoms with van der Waals surface area (Å²) in [4.78, 5) is 29.8. The van der Waals surface area contributed by atoms with Gasteiger partial charge in [0.15, 0.2) is 11.5 Å². The van der Waals surface area contributed by atoms with E-state index in [0.717, 1.165) is 12.2 Å². The Bertz CT molecular complexity index is 812. The molecule has 4 aliphatic heterocycles. The molecule has 0 spiro atoms. The van der Waals surface area contributed by atoms with Gasteiger partial charge in [-0.05, 0) is 56.8 Å². The van der Waals surface area contributed by atoms with Crippen LogP contribution in [0.1, 0.15) is 38.5 Å². The quantitative estimate of drug-likeness (QED) is 0.819. The number of carbonyl (C=O) groups excluding carboxylic acids is 2. The standard InChI is InChI=1S/C23H31N3O4/c27-22-12-17(15-26(22)18-6-7-20-21(13-18)30-11-10-29-20)23(28)24-14-16-4-3-9-25-8-2-1-5-19(16)25/h6-7,13,16-17,19H,1-5,8-12,14-15H2,(H,24,28)/t16-,17+,19+/m0/s1. The Morgan fingerprint density at radius 2 is 1.90 bits per heavy atom. The van der Waals surface area contributed by atoms with E-state index in [-0.39, 0.29) is 24.2 Å². The van der Waals surface area contributed by atoms with E-state index in [1.54, 1.807) is 4.90 Å². The first-order valence-electron chi connectivity index (χ1n) is 11.4. The van der Waals surface area contributed by atoms with Crippen molar-refractivity contribution in [1.29, 1.82) is 0 Å². The van der Waals surface area contributed by atoms with Crippen LogP contribution in [0.25, 0.3) is 0 Å². The number of piperidine rings is 2. The van der Waals surface area contributed by atoms with Gasteiger partial charge in [-0.15, -0.1) is 0 Å². The fourth-order valence-corrected chi connectivity index (χ4v) is 5.52. The summed E-state index contributed by atoms with van der Waals surface area (Å²) in [5.41, 5.74) is 0.768. The van der Waals surface area contributed by atoms with E-state index in [9.17, 15) is 9.59 Å². The second-order valence-corrected chi connectivity index (χ2v) is 8.98. The normalized spacial score (nSPS) is 28.9. The highest BCUT2D eigenvalue weighted by Gasteiger charge is 2.37. The average Bonchev–Trinajstić information content (AvgIpc) is 3.19. The van der Waals surface area contributed by atoms with Gasteiger partial charge < -0.3 is 24.6 Å². The number of amides is 2. The number of carbonyl (C=O) groups is 2. The summed E-state index contributed by atoms with van der Waals surface area (Å²) >= 11 is 0. The highest BCUT2D eigenvalue weighted by Crippen LogP contribution is 2.36. The van der Waals surface area contributed by atoms with Crippen molar-refractivity contribution < 1.29 is 19.1 Å². The van der Waals surface area contributed by atoms with Gasteiger partial charge in [-0.3, -0.25) is 9.59 Å². The highest BCUT2D eigenvalue weighted by atomic mass is 16.6. The van der Waals surface area contributed by atoms with E-state index in [0.29, 0.717) is 43.2 Å². The van der Waals surface area contributed by atoms with E-state index in [4.69, 9.17) is 9.47 Å². The smallest absolute Gasteiger partial charge is 0.227 e. The summed E-state index contributed by atoms with van der Waals surface area (Å²) in [5.74, 6) is 1.61. The zero-order chi connectivity index (χ0) is 20.5. The van der Waals surface area contributed by atoms with Gasteiger partial charge in [0, 0.05) is 37.3 Å². The number of hydrogen-bond acceptors (Lipinski definition) is 5. The Balaban J connectivity index is 1.19. The molecule has 0 aliphatic carbocycles. The molecule has 3 fully saturated rings. The third kappa shape index (κ3) is 3.87. The summed E-state index contributed by atoms with van der Waals surface area (Å²) in [7, 11) is 0. The number of rotatable bonds is 4. The predicted octanol–water partition coefficient (Wildman–Crippen LogP) is 2.19. The lowest BCUT2D eigenvalue weighted by molar-refractivity contribution is -0.126. The van der Waals surface area contributed by atoms with Crippen molar-refractivity contribution in [2.24, 2.45) is 11.8 Å². The predicted molar refractivity (Wildman–Crippen MR) is 113 cm³/mol. The van der Waals surface area contributed by atoms with Crippen molar-refractivity contribution in [3.8, 4) is 11.5 Å². The Morgan fingerprint density at radius 1 is 1.07 bits per heavy atom. The van der Waals surface area contributed by atoms with Gasteiger partial charge in [-0.25, -0.2) is 0 Å². The first-order chi connectivity index (χ1) is 14.7. The first kappa shape index (κ1) is 19.7. The monoisotopic (exact) mass is 413 g/mol. The Kier molecular flexibility index (Phi) is 5.54. The minimum atomic E-state index is -0.295. The molecule has 30 heavy (non-hydrogen) atoms. The SMILES string of the molecule is O=C(NC[C@@H]1CCCN2CCCC[C@H]12)[C@@H]1CC(=O)N(c2ccc3c(c2)OCCO3)C1. The molecule has 4 heterocycles. The second-order valence-electron chi connectivity index (χ2n) is 8.98. The summed E-state index contributed by atoms with van der Waals surface area (Å²) in [6.07, 6.45) is 6.52. The molecule has 1 aromatic carbocycles. The van der Waals surface area contributed by atoms with Crippen LogP contribution in [0, 0.1) is 11.8 Å². The molecular formula is C23H31N3O4. The third-order valence-electron chi connectivity index (χ3n) is 7.10. The molecule has 5 rings (SSSR count). The Morgan fingerprint density at radius 3 is 2.80 bits per heavy atom. The molecule has 3 saturated heterocycles. The van der Waals surface area contributed by atoms with Crippen LogP contribution in [0.15, 0.2) is 18.2 Å². The number of ether oxygens (including phenoxy) is 2. The molecule has 162 valence electrons. The van der Waals surface area contributed by atoms with Crippen molar-refractivity contribution in [3.05, 3.63) is 18.2 Å². The van der Waals surface area contributed by atoms with Crippen molar-refractivity contribution in [2.75, 3.05) is 44.3 Å². The summed E-state index contributed by atoms with van der Waals surface area (Å²) in [6.45, 7) is 4.61. The molecule has 0 radical (unpaired) electrons. The zero-order valence-electron chi connectivity index (χ0n) is 17.5. The molecule has 7 nitrogen and oxygen atoms in total. The van der Waals surface area contributed by atoms with Crippen LogP contribution in [0.5, 0.6) is 11.5 Å². The van der Waals surface area contributed by atoms with Crippen molar-refractivity contribution in [2.45, 2.75) is 44.6 Å². The molecule has 0 aromatic heterocycles. The Hall–Kier alpha value is -2.28. The fourth-order valence-electron chi connectivity index (χ4n) is 5.52. The second kappa shape index (κ2) is 8.46. The number of benzene rings is 1. The maximum atomic E-state index is 12.9. The fraction of sp³-hybridized carbons (Fsp3) is 0.652. The summed E-state index contributed by atoms with van der Waals surface area (Å²) in [5, 5.41) is 3.18. The minimum Gasteiger partial charge on any atom is -0.486 e. The number of fused-ring (bicyclic) bond motifs is 2. The number of nitrogens with zero attached hydrogens (tertiary/aromatic N) is 2.